The third-order valence-corrected chi connectivity index (χ3v) is 4.63. The van der Waals surface area contributed by atoms with E-state index >= 15 is 0 Å². The molecule has 0 aromatic heterocycles. The van der Waals surface area contributed by atoms with Gasteiger partial charge in [0, 0.05) is 11.3 Å². The second-order valence-corrected chi connectivity index (χ2v) is 7.19. The Balaban J connectivity index is 1.64. The van der Waals surface area contributed by atoms with Crippen molar-refractivity contribution in [2.75, 3.05) is 18.5 Å². The van der Waals surface area contributed by atoms with E-state index in [9.17, 15) is 4.79 Å². The van der Waals surface area contributed by atoms with Crippen molar-refractivity contribution in [2.45, 2.75) is 33.6 Å². The first-order valence-electron chi connectivity index (χ1n) is 10.6. The summed E-state index contributed by atoms with van der Waals surface area (Å²) >= 11 is 0. The molecule has 5 heteroatoms. The Hall–Kier alpha value is -3.47. The summed E-state index contributed by atoms with van der Waals surface area (Å²) in [6.45, 7) is 7.17. The lowest BCUT2D eigenvalue weighted by atomic mass is 10.1. The van der Waals surface area contributed by atoms with E-state index < -0.39 is 0 Å². The molecule has 0 bridgehead atoms. The Morgan fingerprint density at radius 1 is 0.839 bits per heavy atom. The SMILES string of the molecule is CCCCOc1ccc(C(=O)Nc2ccc(Oc3ccc(C)cc3)cc2)cc1OCC. The number of ether oxygens (including phenoxy) is 3. The fourth-order valence-corrected chi connectivity index (χ4v) is 2.92. The standard InChI is InChI=1S/C26H29NO4/c1-4-6-17-30-24-16-9-20(18-25(24)29-5-2)26(28)27-21-10-14-23(15-11-21)31-22-12-7-19(3)8-13-22/h7-16,18H,4-6,17H2,1-3H3,(H,27,28). The van der Waals surface area contributed by atoms with Gasteiger partial charge in [-0.1, -0.05) is 31.0 Å². The molecular weight excluding hydrogens is 390 g/mol. The molecule has 0 aliphatic carbocycles. The fourth-order valence-electron chi connectivity index (χ4n) is 2.92. The molecule has 0 saturated heterocycles. The zero-order valence-electron chi connectivity index (χ0n) is 18.3. The largest absolute Gasteiger partial charge is 0.490 e. The van der Waals surface area contributed by atoms with Gasteiger partial charge in [0.2, 0.25) is 0 Å². The van der Waals surface area contributed by atoms with Gasteiger partial charge in [0.25, 0.3) is 5.91 Å². The summed E-state index contributed by atoms with van der Waals surface area (Å²) in [5.41, 5.74) is 2.37. The fraction of sp³-hybridized carbons (Fsp3) is 0.269. The Labute approximate surface area is 184 Å². The molecule has 162 valence electrons. The van der Waals surface area contributed by atoms with Crippen LogP contribution in [0.5, 0.6) is 23.0 Å². The maximum absolute atomic E-state index is 12.7. The van der Waals surface area contributed by atoms with Crippen LogP contribution < -0.4 is 19.5 Å². The Bertz CT molecular complexity index is 981. The van der Waals surface area contributed by atoms with Crippen LogP contribution in [-0.2, 0) is 0 Å². The van der Waals surface area contributed by atoms with E-state index in [1.165, 1.54) is 5.56 Å². The molecule has 1 N–H and O–H groups in total. The maximum Gasteiger partial charge on any atom is 0.255 e. The minimum absolute atomic E-state index is 0.215. The van der Waals surface area contributed by atoms with Crippen LogP contribution in [0, 0.1) is 6.92 Å². The smallest absolute Gasteiger partial charge is 0.255 e. The van der Waals surface area contributed by atoms with Crippen molar-refractivity contribution >= 4 is 11.6 Å². The average molecular weight is 420 g/mol. The number of carbonyl (C=O) groups is 1. The van der Waals surface area contributed by atoms with Crippen molar-refractivity contribution in [1.82, 2.24) is 0 Å². The molecule has 0 unspecified atom stereocenters. The molecule has 0 spiro atoms. The van der Waals surface area contributed by atoms with Crippen LogP contribution in [0.3, 0.4) is 0 Å². The molecule has 0 saturated carbocycles. The second-order valence-electron chi connectivity index (χ2n) is 7.19. The van der Waals surface area contributed by atoms with Crippen molar-refractivity contribution in [2.24, 2.45) is 0 Å². The van der Waals surface area contributed by atoms with Gasteiger partial charge in [-0.25, -0.2) is 0 Å². The molecular formula is C26H29NO4. The van der Waals surface area contributed by atoms with Gasteiger partial charge in [-0.2, -0.15) is 0 Å². The lowest BCUT2D eigenvalue weighted by Crippen LogP contribution is -2.12. The van der Waals surface area contributed by atoms with Gasteiger partial charge in [0.1, 0.15) is 11.5 Å². The molecule has 0 fully saturated rings. The highest BCUT2D eigenvalue weighted by Gasteiger charge is 2.12. The third-order valence-electron chi connectivity index (χ3n) is 4.63. The first kappa shape index (κ1) is 22.2. The van der Waals surface area contributed by atoms with Gasteiger partial charge in [-0.05, 0) is 74.9 Å². The van der Waals surface area contributed by atoms with Crippen LogP contribution in [0.15, 0.2) is 66.7 Å². The summed E-state index contributed by atoms with van der Waals surface area (Å²) < 4.78 is 17.3. The van der Waals surface area contributed by atoms with Gasteiger partial charge in [0.15, 0.2) is 11.5 Å². The van der Waals surface area contributed by atoms with Crippen molar-refractivity contribution in [3.63, 3.8) is 0 Å². The molecule has 5 nitrogen and oxygen atoms in total. The van der Waals surface area contributed by atoms with Crippen LogP contribution in [-0.4, -0.2) is 19.1 Å². The molecule has 0 aliphatic rings. The van der Waals surface area contributed by atoms with Crippen LogP contribution in [0.25, 0.3) is 0 Å². The monoisotopic (exact) mass is 419 g/mol. The summed E-state index contributed by atoms with van der Waals surface area (Å²) in [7, 11) is 0. The van der Waals surface area contributed by atoms with Gasteiger partial charge >= 0.3 is 0 Å². The number of aryl methyl sites for hydroxylation is 1. The quantitative estimate of drug-likeness (QED) is 0.375. The molecule has 3 aromatic rings. The van der Waals surface area contributed by atoms with E-state index in [-0.39, 0.29) is 5.91 Å². The van der Waals surface area contributed by atoms with Crippen LogP contribution in [0.1, 0.15) is 42.6 Å². The lowest BCUT2D eigenvalue weighted by molar-refractivity contribution is 0.102. The molecule has 3 aromatic carbocycles. The average Bonchev–Trinajstić information content (AvgIpc) is 2.78. The number of hydrogen-bond donors (Lipinski definition) is 1. The van der Waals surface area contributed by atoms with Gasteiger partial charge < -0.3 is 19.5 Å². The van der Waals surface area contributed by atoms with Crippen molar-refractivity contribution in [1.29, 1.82) is 0 Å². The number of rotatable bonds is 10. The minimum Gasteiger partial charge on any atom is -0.490 e. The Kier molecular flexibility index (Phi) is 7.93. The molecule has 1 amide bonds. The summed E-state index contributed by atoms with van der Waals surface area (Å²) in [6, 6.07) is 20.4. The highest BCUT2D eigenvalue weighted by atomic mass is 16.5. The number of nitrogens with one attached hydrogen (secondary N) is 1. The predicted molar refractivity (Wildman–Crippen MR) is 124 cm³/mol. The van der Waals surface area contributed by atoms with Crippen molar-refractivity contribution < 1.29 is 19.0 Å². The van der Waals surface area contributed by atoms with E-state index in [0.29, 0.717) is 41.7 Å². The topological polar surface area (TPSA) is 56.8 Å². The summed E-state index contributed by atoms with van der Waals surface area (Å²) in [4.78, 5) is 12.7. The number of hydrogen-bond acceptors (Lipinski definition) is 4. The molecule has 31 heavy (non-hydrogen) atoms. The predicted octanol–water partition coefficient (Wildman–Crippen LogP) is 6.62. The normalized spacial score (nSPS) is 10.4. The third kappa shape index (κ3) is 6.51. The Morgan fingerprint density at radius 2 is 1.52 bits per heavy atom. The number of anilines is 1. The number of unbranched alkanes of at least 4 members (excludes halogenated alkanes) is 1. The first-order chi connectivity index (χ1) is 15.1. The minimum atomic E-state index is -0.215. The summed E-state index contributed by atoms with van der Waals surface area (Å²) in [5, 5.41) is 2.91. The van der Waals surface area contributed by atoms with Crippen LogP contribution >= 0.6 is 0 Å². The molecule has 0 aliphatic heterocycles. The lowest BCUT2D eigenvalue weighted by Gasteiger charge is -2.13. The van der Waals surface area contributed by atoms with Gasteiger partial charge in [0.05, 0.1) is 13.2 Å². The second kappa shape index (κ2) is 11.1. The highest BCUT2D eigenvalue weighted by Crippen LogP contribution is 2.29. The van der Waals surface area contributed by atoms with E-state index in [2.05, 4.69) is 12.2 Å². The van der Waals surface area contributed by atoms with E-state index in [4.69, 9.17) is 14.2 Å². The maximum atomic E-state index is 12.7. The number of benzene rings is 3. The van der Waals surface area contributed by atoms with Crippen LogP contribution in [0.2, 0.25) is 0 Å². The molecule has 3 rings (SSSR count). The molecule has 0 radical (unpaired) electrons. The zero-order valence-corrected chi connectivity index (χ0v) is 18.3. The zero-order chi connectivity index (χ0) is 22.1. The van der Waals surface area contributed by atoms with Gasteiger partial charge in [-0.15, -0.1) is 0 Å². The van der Waals surface area contributed by atoms with E-state index in [1.807, 2.05) is 62.4 Å². The van der Waals surface area contributed by atoms with E-state index in [1.54, 1.807) is 18.2 Å². The Morgan fingerprint density at radius 3 is 2.16 bits per heavy atom. The van der Waals surface area contributed by atoms with Gasteiger partial charge in [-0.3, -0.25) is 4.79 Å². The summed E-state index contributed by atoms with van der Waals surface area (Å²) in [6.07, 6.45) is 2.02. The number of amides is 1. The molecule has 0 heterocycles. The summed E-state index contributed by atoms with van der Waals surface area (Å²) in [5.74, 6) is 2.49. The van der Waals surface area contributed by atoms with E-state index in [0.717, 1.165) is 18.6 Å². The van der Waals surface area contributed by atoms with Crippen molar-refractivity contribution in [3.05, 3.63) is 77.9 Å². The molecule has 0 atom stereocenters. The first-order valence-corrected chi connectivity index (χ1v) is 10.6. The van der Waals surface area contributed by atoms with Crippen molar-refractivity contribution in [3.8, 4) is 23.0 Å². The van der Waals surface area contributed by atoms with Crippen LogP contribution in [0.4, 0.5) is 5.69 Å². The number of carbonyl (C=O) groups excluding carboxylic acids is 1. The highest BCUT2D eigenvalue weighted by molar-refractivity contribution is 6.04.